The fourth-order valence-corrected chi connectivity index (χ4v) is 2.19. The Bertz CT molecular complexity index is 687. The minimum atomic E-state index is 0.855. The van der Waals surface area contributed by atoms with Crippen molar-refractivity contribution in [1.29, 1.82) is 0 Å². The van der Waals surface area contributed by atoms with Gasteiger partial charge in [0.05, 0.1) is 0 Å². The fourth-order valence-electron chi connectivity index (χ4n) is 2.19. The van der Waals surface area contributed by atoms with Crippen molar-refractivity contribution in [2.24, 2.45) is 0 Å². The van der Waals surface area contributed by atoms with Gasteiger partial charge in [-0.25, -0.2) is 0 Å². The average molecular weight is 260 g/mol. The quantitative estimate of drug-likeness (QED) is 0.608. The van der Waals surface area contributed by atoms with Crippen LogP contribution in [-0.4, -0.2) is 0 Å². The van der Waals surface area contributed by atoms with Gasteiger partial charge in [0.1, 0.15) is 11.5 Å². The standard InChI is InChI=1S/C19H16O/c1-15-12-13-19(20-17-10-6-3-7-11-17)18(14-15)16-8-4-2-5-9-16/h2-14H,1H3. The molecule has 0 amide bonds. The normalized spacial score (nSPS) is 10.2. The summed E-state index contributed by atoms with van der Waals surface area (Å²) >= 11 is 0. The maximum absolute atomic E-state index is 6.02. The predicted octanol–water partition coefficient (Wildman–Crippen LogP) is 5.45. The van der Waals surface area contributed by atoms with Crippen LogP contribution < -0.4 is 4.74 Å². The van der Waals surface area contributed by atoms with Gasteiger partial charge in [-0.15, -0.1) is 0 Å². The number of aryl methyl sites for hydroxylation is 1. The van der Waals surface area contributed by atoms with Gasteiger partial charge in [0.2, 0.25) is 0 Å². The minimum Gasteiger partial charge on any atom is -0.457 e. The molecule has 0 atom stereocenters. The van der Waals surface area contributed by atoms with Crippen LogP contribution in [0.2, 0.25) is 0 Å². The molecule has 3 aromatic carbocycles. The second-order valence-electron chi connectivity index (χ2n) is 4.78. The van der Waals surface area contributed by atoms with Gasteiger partial charge in [0.15, 0.2) is 0 Å². The fraction of sp³-hybridized carbons (Fsp3) is 0.0526. The van der Waals surface area contributed by atoms with E-state index in [4.69, 9.17) is 4.74 Å². The summed E-state index contributed by atoms with van der Waals surface area (Å²) in [5, 5.41) is 0. The maximum Gasteiger partial charge on any atom is 0.135 e. The van der Waals surface area contributed by atoms with Crippen molar-refractivity contribution in [2.75, 3.05) is 0 Å². The second-order valence-corrected chi connectivity index (χ2v) is 4.78. The van der Waals surface area contributed by atoms with E-state index in [0.29, 0.717) is 0 Å². The van der Waals surface area contributed by atoms with Crippen LogP contribution in [0.1, 0.15) is 5.56 Å². The Morgan fingerprint density at radius 1 is 0.700 bits per heavy atom. The van der Waals surface area contributed by atoms with Crippen molar-refractivity contribution < 1.29 is 4.74 Å². The Morgan fingerprint density at radius 2 is 1.35 bits per heavy atom. The molecule has 0 heterocycles. The van der Waals surface area contributed by atoms with E-state index >= 15 is 0 Å². The number of hydrogen-bond donors (Lipinski definition) is 0. The van der Waals surface area contributed by atoms with Crippen LogP contribution in [0.5, 0.6) is 11.5 Å². The summed E-state index contributed by atoms with van der Waals surface area (Å²) in [5.74, 6) is 1.74. The molecule has 0 N–H and O–H groups in total. The lowest BCUT2D eigenvalue weighted by atomic mass is 10.0. The van der Waals surface area contributed by atoms with Crippen molar-refractivity contribution >= 4 is 0 Å². The van der Waals surface area contributed by atoms with Crippen molar-refractivity contribution in [3.63, 3.8) is 0 Å². The zero-order valence-corrected chi connectivity index (χ0v) is 11.4. The first kappa shape index (κ1) is 12.5. The number of para-hydroxylation sites is 1. The summed E-state index contributed by atoms with van der Waals surface area (Å²) in [6, 6.07) is 26.5. The highest BCUT2D eigenvalue weighted by atomic mass is 16.5. The number of ether oxygens (including phenoxy) is 1. The summed E-state index contributed by atoms with van der Waals surface area (Å²) in [6.07, 6.45) is 0. The van der Waals surface area contributed by atoms with Crippen molar-refractivity contribution in [1.82, 2.24) is 0 Å². The molecular weight excluding hydrogens is 244 g/mol. The van der Waals surface area contributed by atoms with Gasteiger partial charge in [-0.1, -0.05) is 60.2 Å². The van der Waals surface area contributed by atoms with Gasteiger partial charge in [-0.05, 0) is 36.8 Å². The lowest BCUT2D eigenvalue weighted by molar-refractivity contribution is 0.484. The molecule has 0 saturated carbocycles. The zero-order chi connectivity index (χ0) is 13.8. The molecule has 0 aliphatic heterocycles. The Hall–Kier alpha value is -2.54. The third-order valence-corrected chi connectivity index (χ3v) is 3.19. The molecule has 3 rings (SSSR count). The summed E-state index contributed by atoms with van der Waals surface area (Å²) in [5.41, 5.74) is 3.51. The lowest BCUT2D eigenvalue weighted by Gasteiger charge is -2.12. The molecule has 1 nitrogen and oxygen atoms in total. The van der Waals surface area contributed by atoms with E-state index in [1.807, 2.05) is 54.6 Å². The molecule has 0 bridgehead atoms. The molecule has 20 heavy (non-hydrogen) atoms. The first-order valence-electron chi connectivity index (χ1n) is 6.72. The summed E-state index contributed by atoms with van der Waals surface area (Å²) in [4.78, 5) is 0. The van der Waals surface area contributed by atoms with Gasteiger partial charge >= 0.3 is 0 Å². The average Bonchev–Trinajstić information content (AvgIpc) is 2.51. The van der Waals surface area contributed by atoms with Crippen LogP contribution in [0.3, 0.4) is 0 Å². The van der Waals surface area contributed by atoms with Crippen molar-refractivity contribution in [3.05, 3.63) is 84.4 Å². The van der Waals surface area contributed by atoms with E-state index in [1.165, 1.54) is 11.1 Å². The molecular formula is C19H16O. The SMILES string of the molecule is Cc1ccc(Oc2ccccc2)c(-c2ccccc2)c1. The third kappa shape index (κ3) is 2.72. The highest BCUT2D eigenvalue weighted by molar-refractivity contribution is 5.71. The Labute approximate surface area is 119 Å². The maximum atomic E-state index is 6.02. The van der Waals surface area contributed by atoms with Gasteiger partial charge in [-0.3, -0.25) is 0 Å². The molecule has 0 aliphatic rings. The topological polar surface area (TPSA) is 9.23 Å². The molecule has 0 unspecified atom stereocenters. The van der Waals surface area contributed by atoms with Crippen molar-refractivity contribution in [3.8, 4) is 22.6 Å². The second kappa shape index (κ2) is 5.62. The van der Waals surface area contributed by atoms with E-state index in [2.05, 4.69) is 31.2 Å². The first-order chi connectivity index (χ1) is 9.83. The van der Waals surface area contributed by atoms with Crippen LogP contribution in [0.4, 0.5) is 0 Å². The van der Waals surface area contributed by atoms with E-state index in [-0.39, 0.29) is 0 Å². The van der Waals surface area contributed by atoms with Crippen LogP contribution in [0.25, 0.3) is 11.1 Å². The highest BCUT2D eigenvalue weighted by Crippen LogP contribution is 2.33. The number of rotatable bonds is 3. The van der Waals surface area contributed by atoms with E-state index in [9.17, 15) is 0 Å². The largest absolute Gasteiger partial charge is 0.457 e. The first-order valence-corrected chi connectivity index (χ1v) is 6.72. The van der Waals surface area contributed by atoms with Gasteiger partial charge in [0, 0.05) is 5.56 Å². The van der Waals surface area contributed by atoms with E-state index < -0.39 is 0 Å². The highest BCUT2D eigenvalue weighted by Gasteiger charge is 2.07. The lowest BCUT2D eigenvalue weighted by Crippen LogP contribution is -1.89. The van der Waals surface area contributed by atoms with Gasteiger partial charge < -0.3 is 4.74 Å². The molecule has 98 valence electrons. The van der Waals surface area contributed by atoms with E-state index in [0.717, 1.165) is 17.1 Å². The summed E-state index contributed by atoms with van der Waals surface area (Å²) < 4.78 is 6.02. The van der Waals surface area contributed by atoms with Gasteiger partial charge in [0.25, 0.3) is 0 Å². The van der Waals surface area contributed by atoms with Crippen LogP contribution in [-0.2, 0) is 0 Å². The Morgan fingerprint density at radius 3 is 2.05 bits per heavy atom. The van der Waals surface area contributed by atoms with Gasteiger partial charge in [-0.2, -0.15) is 0 Å². The molecule has 3 aromatic rings. The van der Waals surface area contributed by atoms with E-state index in [1.54, 1.807) is 0 Å². The molecule has 0 spiro atoms. The molecule has 0 aromatic heterocycles. The molecule has 0 aliphatic carbocycles. The number of hydrogen-bond acceptors (Lipinski definition) is 1. The molecule has 1 heteroatoms. The third-order valence-electron chi connectivity index (χ3n) is 3.19. The number of benzene rings is 3. The zero-order valence-electron chi connectivity index (χ0n) is 11.4. The van der Waals surface area contributed by atoms with Crippen LogP contribution in [0, 0.1) is 6.92 Å². The minimum absolute atomic E-state index is 0.855. The molecule has 0 saturated heterocycles. The van der Waals surface area contributed by atoms with Crippen molar-refractivity contribution in [2.45, 2.75) is 6.92 Å². The van der Waals surface area contributed by atoms with Crippen LogP contribution >= 0.6 is 0 Å². The van der Waals surface area contributed by atoms with Crippen LogP contribution in [0.15, 0.2) is 78.9 Å². The Kier molecular flexibility index (Phi) is 3.51. The molecule has 0 radical (unpaired) electrons. The summed E-state index contributed by atoms with van der Waals surface area (Å²) in [6.45, 7) is 2.10. The summed E-state index contributed by atoms with van der Waals surface area (Å²) in [7, 11) is 0. The smallest absolute Gasteiger partial charge is 0.135 e. The Balaban J connectivity index is 2.03. The predicted molar refractivity (Wildman–Crippen MR) is 83.1 cm³/mol. The monoisotopic (exact) mass is 260 g/mol. The molecule has 0 fully saturated rings.